The number of halogens is 3. The standard InChI is InChI=1S/C11H9F3N2O2/c1-5-7-3-6(11(12,13)14)4-8(10(17)18-2)9(7)16-15-5/h3-4H,1-2H3,(H,15,16). The molecule has 0 amide bonds. The summed E-state index contributed by atoms with van der Waals surface area (Å²) in [6.07, 6.45) is -4.53. The van der Waals surface area contributed by atoms with Crippen molar-refractivity contribution in [2.45, 2.75) is 13.1 Å². The van der Waals surface area contributed by atoms with Crippen LogP contribution in [0.15, 0.2) is 12.1 Å². The number of aryl methyl sites for hydroxylation is 1. The third-order valence-electron chi connectivity index (χ3n) is 2.58. The highest BCUT2D eigenvalue weighted by molar-refractivity contribution is 6.03. The Balaban J connectivity index is 2.78. The summed E-state index contributed by atoms with van der Waals surface area (Å²) >= 11 is 0. The van der Waals surface area contributed by atoms with Crippen LogP contribution in [-0.4, -0.2) is 23.3 Å². The van der Waals surface area contributed by atoms with Crippen molar-refractivity contribution in [1.29, 1.82) is 0 Å². The van der Waals surface area contributed by atoms with Crippen LogP contribution in [0.4, 0.5) is 13.2 Å². The zero-order valence-corrected chi connectivity index (χ0v) is 9.55. The van der Waals surface area contributed by atoms with E-state index in [-0.39, 0.29) is 16.5 Å². The normalized spacial score (nSPS) is 11.8. The van der Waals surface area contributed by atoms with Crippen LogP contribution < -0.4 is 0 Å². The molecule has 0 aliphatic heterocycles. The first-order valence-corrected chi connectivity index (χ1v) is 4.99. The van der Waals surface area contributed by atoms with E-state index in [9.17, 15) is 18.0 Å². The zero-order valence-electron chi connectivity index (χ0n) is 9.55. The van der Waals surface area contributed by atoms with E-state index in [0.29, 0.717) is 5.69 Å². The van der Waals surface area contributed by atoms with Crippen LogP contribution in [0.2, 0.25) is 0 Å². The highest BCUT2D eigenvalue weighted by Gasteiger charge is 2.33. The van der Waals surface area contributed by atoms with E-state index in [0.717, 1.165) is 19.2 Å². The van der Waals surface area contributed by atoms with Crippen molar-refractivity contribution in [3.63, 3.8) is 0 Å². The molecule has 1 N–H and O–H groups in total. The molecule has 1 aromatic heterocycles. The number of alkyl halides is 3. The van der Waals surface area contributed by atoms with Crippen molar-refractivity contribution < 1.29 is 22.7 Å². The number of H-pyrrole nitrogens is 1. The molecule has 1 aromatic carbocycles. The van der Waals surface area contributed by atoms with E-state index in [1.54, 1.807) is 6.92 Å². The lowest BCUT2D eigenvalue weighted by Gasteiger charge is -2.09. The van der Waals surface area contributed by atoms with Gasteiger partial charge in [-0.2, -0.15) is 18.3 Å². The molecule has 18 heavy (non-hydrogen) atoms. The fourth-order valence-electron chi connectivity index (χ4n) is 1.67. The number of nitrogens with zero attached hydrogens (tertiary/aromatic N) is 1. The summed E-state index contributed by atoms with van der Waals surface area (Å²) in [7, 11) is 1.11. The smallest absolute Gasteiger partial charge is 0.416 e. The molecule has 0 spiro atoms. The number of benzene rings is 1. The number of hydrogen-bond donors (Lipinski definition) is 1. The molecule has 2 rings (SSSR count). The molecular weight excluding hydrogens is 249 g/mol. The van der Waals surface area contributed by atoms with Crippen LogP contribution in [0.5, 0.6) is 0 Å². The predicted molar refractivity (Wildman–Crippen MR) is 57.2 cm³/mol. The molecule has 7 heteroatoms. The van der Waals surface area contributed by atoms with Crippen molar-refractivity contribution in [2.75, 3.05) is 7.11 Å². The Morgan fingerprint density at radius 3 is 2.61 bits per heavy atom. The molecule has 0 saturated heterocycles. The lowest BCUT2D eigenvalue weighted by molar-refractivity contribution is -0.137. The van der Waals surface area contributed by atoms with Gasteiger partial charge in [-0.05, 0) is 19.1 Å². The summed E-state index contributed by atoms with van der Waals surface area (Å²) in [4.78, 5) is 11.5. The second kappa shape index (κ2) is 4.01. The van der Waals surface area contributed by atoms with Crippen LogP contribution in [0, 0.1) is 6.92 Å². The van der Waals surface area contributed by atoms with Gasteiger partial charge in [0.15, 0.2) is 0 Å². The third kappa shape index (κ3) is 1.92. The third-order valence-corrected chi connectivity index (χ3v) is 2.58. The molecule has 4 nitrogen and oxygen atoms in total. The second-order valence-electron chi connectivity index (χ2n) is 3.76. The molecule has 0 aliphatic rings. The molecule has 0 unspecified atom stereocenters. The average molecular weight is 258 g/mol. The monoisotopic (exact) mass is 258 g/mol. The van der Waals surface area contributed by atoms with E-state index in [4.69, 9.17) is 0 Å². The van der Waals surface area contributed by atoms with E-state index in [1.165, 1.54) is 0 Å². The fourth-order valence-corrected chi connectivity index (χ4v) is 1.67. The van der Waals surface area contributed by atoms with Gasteiger partial charge in [0.05, 0.1) is 18.2 Å². The van der Waals surface area contributed by atoms with E-state index in [1.807, 2.05) is 0 Å². The maximum absolute atomic E-state index is 12.7. The topological polar surface area (TPSA) is 55.0 Å². The highest BCUT2D eigenvalue weighted by Crippen LogP contribution is 2.33. The number of rotatable bonds is 1. The fraction of sp³-hybridized carbons (Fsp3) is 0.273. The Morgan fingerprint density at radius 1 is 1.39 bits per heavy atom. The van der Waals surface area contributed by atoms with Crippen molar-refractivity contribution in [3.8, 4) is 0 Å². The van der Waals surface area contributed by atoms with E-state index in [2.05, 4.69) is 14.9 Å². The van der Waals surface area contributed by atoms with Gasteiger partial charge in [0.2, 0.25) is 0 Å². The Labute approximate surface area is 99.7 Å². The number of fused-ring (bicyclic) bond motifs is 1. The summed E-state index contributed by atoms with van der Waals surface area (Å²) < 4.78 is 42.6. The van der Waals surface area contributed by atoms with Gasteiger partial charge in [-0.3, -0.25) is 5.10 Å². The van der Waals surface area contributed by atoms with Crippen molar-refractivity contribution >= 4 is 16.9 Å². The minimum atomic E-state index is -4.53. The summed E-state index contributed by atoms with van der Waals surface area (Å²) in [6.45, 7) is 1.58. The summed E-state index contributed by atoms with van der Waals surface area (Å²) in [5.74, 6) is -0.849. The van der Waals surface area contributed by atoms with Crippen LogP contribution in [0.3, 0.4) is 0 Å². The van der Waals surface area contributed by atoms with E-state index < -0.39 is 17.7 Å². The number of methoxy groups -OCH3 is 1. The molecular formula is C11H9F3N2O2. The number of ether oxygens (including phenoxy) is 1. The van der Waals surface area contributed by atoms with Crippen LogP contribution in [-0.2, 0) is 10.9 Å². The SMILES string of the molecule is COC(=O)c1cc(C(F)(F)F)cc2c(C)[nH]nc12. The lowest BCUT2D eigenvalue weighted by atomic mass is 10.0. The maximum atomic E-state index is 12.7. The number of hydrogen-bond acceptors (Lipinski definition) is 3. The lowest BCUT2D eigenvalue weighted by Crippen LogP contribution is -2.09. The first-order chi connectivity index (χ1) is 8.34. The molecule has 1 heterocycles. The predicted octanol–water partition coefficient (Wildman–Crippen LogP) is 2.68. The van der Waals surface area contributed by atoms with Gasteiger partial charge < -0.3 is 4.74 Å². The summed E-state index contributed by atoms with van der Waals surface area (Å²) in [5, 5.41) is 6.62. The Morgan fingerprint density at radius 2 is 2.06 bits per heavy atom. The molecule has 0 fully saturated rings. The number of carbonyl (C=O) groups is 1. The quantitative estimate of drug-likeness (QED) is 0.800. The molecule has 0 saturated carbocycles. The largest absolute Gasteiger partial charge is 0.465 e. The Bertz CT molecular complexity index is 617. The Hall–Kier alpha value is -2.05. The number of aromatic nitrogens is 2. The molecule has 96 valence electrons. The van der Waals surface area contributed by atoms with Crippen LogP contribution in [0.1, 0.15) is 21.6 Å². The summed E-state index contributed by atoms with van der Waals surface area (Å²) in [6, 6.07) is 1.70. The van der Waals surface area contributed by atoms with Gasteiger partial charge in [0, 0.05) is 11.1 Å². The summed E-state index contributed by atoms with van der Waals surface area (Å²) in [5.41, 5.74) is -0.472. The van der Waals surface area contributed by atoms with Crippen molar-refractivity contribution in [1.82, 2.24) is 10.2 Å². The molecule has 0 bridgehead atoms. The van der Waals surface area contributed by atoms with Crippen molar-refractivity contribution in [2.24, 2.45) is 0 Å². The zero-order chi connectivity index (χ0) is 13.5. The van der Waals surface area contributed by atoms with Gasteiger partial charge >= 0.3 is 12.1 Å². The Kier molecular flexibility index (Phi) is 2.76. The van der Waals surface area contributed by atoms with E-state index >= 15 is 0 Å². The van der Waals surface area contributed by atoms with Crippen molar-refractivity contribution in [3.05, 3.63) is 29.0 Å². The van der Waals surface area contributed by atoms with Gasteiger partial charge in [0.25, 0.3) is 0 Å². The van der Waals surface area contributed by atoms with Gasteiger partial charge in [-0.1, -0.05) is 0 Å². The molecule has 0 aliphatic carbocycles. The minimum Gasteiger partial charge on any atom is -0.465 e. The molecule has 0 radical (unpaired) electrons. The molecule has 2 aromatic rings. The highest BCUT2D eigenvalue weighted by atomic mass is 19.4. The number of nitrogens with one attached hydrogen (secondary N) is 1. The number of aromatic amines is 1. The first-order valence-electron chi connectivity index (χ1n) is 4.99. The minimum absolute atomic E-state index is 0.173. The van der Waals surface area contributed by atoms with Gasteiger partial charge in [0.1, 0.15) is 5.52 Å². The number of esters is 1. The average Bonchev–Trinajstić information content (AvgIpc) is 2.68. The van der Waals surface area contributed by atoms with Gasteiger partial charge in [-0.15, -0.1) is 0 Å². The second-order valence-corrected chi connectivity index (χ2v) is 3.76. The first kappa shape index (κ1) is 12.4. The van der Waals surface area contributed by atoms with Gasteiger partial charge in [-0.25, -0.2) is 4.79 Å². The number of carbonyl (C=O) groups excluding carboxylic acids is 1. The van der Waals surface area contributed by atoms with Crippen LogP contribution in [0.25, 0.3) is 10.9 Å². The maximum Gasteiger partial charge on any atom is 0.416 e. The van der Waals surface area contributed by atoms with Crippen LogP contribution >= 0.6 is 0 Å². The molecule has 0 atom stereocenters.